The summed E-state index contributed by atoms with van der Waals surface area (Å²) in [5.41, 5.74) is 2.64. The molecule has 0 aliphatic rings. The van der Waals surface area contributed by atoms with Gasteiger partial charge in [-0.25, -0.2) is 0 Å². The number of carbonyl (C=O) groups excluding carboxylic acids is 2. The second-order valence-electron chi connectivity index (χ2n) is 5.89. The molecule has 0 saturated heterocycles. The van der Waals surface area contributed by atoms with Crippen molar-refractivity contribution in [3.63, 3.8) is 0 Å². The van der Waals surface area contributed by atoms with Gasteiger partial charge in [-0.1, -0.05) is 0 Å². The Kier molecular flexibility index (Phi) is 5.69. The summed E-state index contributed by atoms with van der Waals surface area (Å²) in [7, 11) is 2.03. The highest BCUT2D eigenvalue weighted by molar-refractivity contribution is 7.10. The van der Waals surface area contributed by atoms with Crippen molar-refractivity contribution in [3.8, 4) is 0 Å². The van der Waals surface area contributed by atoms with E-state index < -0.39 is 0 Å². The lowest BCUT2D eigenvalue weighted by Crippen LogP contribution is -3.12. The molecule has 2 atom stereocenters. The van der Waals surface area contributed by atoms with E-state index in [1.165, 1.54) is 17.4 Å². The Morgan fingerprint density at radius 3 is 2.39 bits per heavy atom. The fourth-order valence-corrected chi connectivity index (χ4v) is 3.26. The van der Waals surface area contributed by atoms with Crippen LogP contribution in [0.5, 0.6) is 0 Å². The number of thiophene rings is 1. The molecule has 5 heteroatoms. The number of quaternary nitrogens is 1. The number of hydrogen-bond acceptors (Lipinski definition) is 3. The number of likely N-dealkylation sites (N-methyl/N-ethyl adjacent to an activating group) is 1. The number of rotatable bonds is 6. The predicted molar refractivity (Wildman–Crippen MR) is 94.2 cm³/mol. The number of nitrogens with one attached hydrogen (secondary N) is 2. The Bertz CT molecular complexity index is 691. The molecule has 0 spiro atoms. The van der Waals surface area contributed by atoms with Crippen molar-refractivity contribution in [3.05, 3.63) is 51.7 Å². The summed E-state index contributed by atoms with van der Waals surface area (Å²) in [5.74, 6) is -0.000904. The summed E-state index contributed by atoms with van der Waals surface area (Å²) in [6.45, 7) is 6.39. The quantitative estimate of drug-likeness (QED) is 0.798. The van der Waals surface area contributed by atoms with Crippen LogP contribution in [-0.4, -0.2) is 24.8 Å². The van der Waals surface area contributed by atoms with Gasteiger partial charge in [-0.05, 0) is 62.0 Å². The maximum atomic E-state index is 12.4. The van der Waals surface area contributed by atoms with E-state index in [0.717, 1.165) is 11.4 Å². The monoisotopic (exact) mass is 331 g/mol. The third-order valence-electron chi connectivity index (χ3n) is 4.10. The van der Waals surface area contributed by atoms with Crippen molar-refractivity contribution >= 4 is 28.7 Å². The van der Waals surface area contributed by atoms with Gasteiger partial charge < -0.3 is 10.2 Å². The molecule has 0 fully saturated rings. The Morgan fingerprint density at radius 2 is 1.87 bits per heavy atom. The van der Waals surface area contributed by atoms with Crippen LogP contribution < -0.4 is 10.2 Å². The lowest BCUT2D eigenvalue weighted by Gasteiger charge is -2.21. The van der Waals surface area contributed by atoms with Gasteiger partial charge in [0.15, 0.2) is 11.8 Å². The first-order valence-electron chi connectivity index (χ1n) is 7.65. The number of carbonyl (C=O) groups is 2. The molecule has 23 heavy (non-hydrogen) atoms. The van der Waals surface area contributed by atoms with E-state index in [4.69, 9.17) is 0 Å². The lowest BCUT2D eigenvalue weighted by atomic mass is 10.1. The van der Waals surface area contributed by atoms with Crippen molar-refractivity contribution in [2.75, 3.05) is 12.4 Å². The van der Waals surface area contributed by atoms with Crippen molar-refractivity contribution in [1.82, 2.24) is 0 Å². The number of hydrogen-bond donors (Lipinski definition) is 2. The van der Waals surface area contributed by atoms with Crippen LogP contribution in [0.2, 0.25) is 0 Å². The highest BCUT2D eigenvalue weighted by Crippen LogP contribution is 2.14. The molecular weight excluding hydrogens is 308 g/mol. The molecule has 0 bridgehead atoms. The van der Waals surface area contributed by atoms with Gasteiger partial charge in [0.05, 0.1) is 11.9 Å². The van der Waals surface area contributed by atoms with Crippen LogP contribution in [0.15, 0.2) is 35.7 Å². The number of benzene rings is 1. The predicted octanol–water partition coefficient (Wildman–Crippen LogP) is 2.30. The number of anilines is 1. The molecule has 2 aromatic rings. The van der Waals surface area contributed by atoms with Gasteiger partial charge in [-0.15, -0.1) is 11.3 Å². The van der Waals surface area contributed by atoms with Gasteiger partial charge >= 0.3 is 0 Å². The molecule has 4 nitrogen and oxygen atoms in total. The maximum Gasteiger partial charge on any atom is 0.282 e. The zero-order valence-corrected chi connectivity index (χ0v) is 14.8. The van der Waals surface area contributed by atoms with Gasteiger partial charge in [0.1, 0.15) is 6.54 Å². The van der Waals surface area contributed by atoms with E-state index in [-0.39, 0.29) is 17.7 Å². The van der Waals surface area contributed by atoms with Crippen LogP contribution in [0.1, 0.15) is 34.6 Å². The molecule has 2 N–H and O–H groups in total. The normalized spacial score (nSPS) is 13.4. The van der Waals surface area contributed by atoms with Gasteiger partial charge in [-0.3, -0.25) is 9.59 Å². The van der Waals surface area contributed by atoms with Crippen molar-refractivity contribution in [2.45, 2.75) is 33.4 Å². The van der Waals surface area contributed by atoms with E-state index >= 15 is 0 Å². The lowest BCUT2D eigenvalue weighted by molar-refractivity contribution is -0.907. The average Bonchev–Trinajstić information content (AvgIpc) is 2.92. The summed E-state index contributed by atoms with van der Waals surface area (Å²) < 4.78 is 0. The third kappa shape index (κ3) is 4.50. The van der Waals surface area contributed by atoms with Crippen molar-refractivity contribution in [1.29, 1.82) is 0 Å². The van der Waals surface area contributed by atoms with Crippen LogP contribution in [0.4, 0.5) is 5.69 Å². The van der Waals surface area contributed by atoms with Gasteiger partial charge in [0, 0.05) is 11.3 Å². The average molecular weight is 331 g/mol. The molecule has 2 rings (SSSR count). The second-order valence-corrected chi connectivity index (χ2v) is 6.90. The molecule has 122 valence electrons. The summed E-state index contributed by atoms with van der Waals surface area (Å²) in [5, 5.41) is 5.00. The van der Waals surface area contributed by atoms with E-state index in [0.29, 0.717) is 11.3 Å². The van der Waals surface area contributed by atoms with E-state index in [1.807, 2.05) is 14.0 Å². The SMILES string of the molecule is CC(=O)c1ccc(NC(=O)[C@@H](C)[NH+](C)Cc2sccc2C)cc1. The topological polar surface area (TPSA) is 50.6 Å². The van der Waals surface area contributed by atoms with Crippen LogP contribution in [0.3, 0.4) is 0 Å². The minimum absolute atomic E-state index is 0.0201. The molecule has 0 aliphatic carbocycles. The molecule has 1 unspecified atom stereocenters. The Morgan fingerprint density at radius 1 is 1.22 bits per heavy atom. The highest BCUT2D eigenvalue weighted by atomic mass is 32.1. The first-order chi connectivity index (χ1) is 10.9. The Labute approximate surface area is 141 Å². The minimum Gasteiger partial charge on any atom is -0.323 e. The summed E-state index contributed by atoms with van der Waals surface area (Å²) in [6, 6.07) is 8.93. The number of ketones is 1. The molecule has 1 aromatic carbocycles. The van der Waals surface area contributed by atoms with Crippen LogP contribution in [0, 0.1) is 6.92 Å². The van der Waals surface area contributed by atoms with Crippen LogP contribution in [0.25, 0.3) is 0 Å². The summed E-state index contributed by atoms with van der Waals surface area (Å²) >= 11 is 1.73. The number of aryl methyl sites for hydroxylation is 1. The number of amides is 1. The molecule has 1 heterocycles. The smallest absolute Gasteiger partial charge is 0.282 e. The molecular formula is C18H23N2O2S+. The van der Waals surface area contributed by atoms with Crippen LogP contribution in [-0.2, 0) is 11.3 Å². The fourth-order valence-electron chi connectivity index (χ4n) is 2.25. The standard InChI is InChI=1S/C18H22N2O2S/c1-12-9-10-23-17(12)11-20(4)13(2)18(22)19-16-7-5-15(6-8-16)14(3)21/h5-10,13H,11H2,1-4H3,(H,19,22)/p+1/t13-/m1/s1. The third-order valence-corrected chi connectivity index (χ3v) is 5.12. The fraction of sp³-hybridized carbons (Fsp3) is 0.333. The Balaban J connectivity index is 1.96. The zero-order chi connectivity index (χ0) is 17.0. The molecule has 1 aromatic heterocycles. The van der Waals surface area contributed by atoms with Gasteiger partial charge in [0.2, 0.25) is 0 Å². The first-order valence-corrected chi connectivity index (χ1v) is 8.53. The van der Waals surface area contributed by atoms with Crippen LogP contribution >= 0.6 is 11.3 Å². The Hall–Kier alpha value is -1.98. The van der Waals surface area contributed by atoms with Crippen molar-refractivity contribution < 1.29 is 14.5 Å². The maximum absolute atomic E-state index is 12.4. The second kappa shape index (κ2) is 7.53. The first kappa shape index (κ1) is 17.4. The van der Waals surface area contributed by atoms with Crippen molar-refractivity contribution in [2.24, 2.45) is 0 Å². The summed E-state index contributed by atoms with van der Waals surface area (Å²) in [4.78, 5) is 26.1. The minimum atomic E-state index is -0.163. The molecule has 0 saturated carbocycles. The van der Waals surface area contributed by atoms with E-state index in [1.54, 1.807) is 35.6 Å². The van der Waals surface area contributed by atoms with E-state index in [2.05, 4.69) is 23.7 Å². The molecule has 0 aliphatic heterocycles. The number of Topliss-reactive ketones (excluding diaryl/α,β-unsaturated/α-hetero) is 1. The van der Waals surface area contributed by atoms with Gasteiger partial charge in [-0.2, -0.15) is 0 Å². The van der Waals surface area contributed by atoms with E-state index in [9.17, 15) is 9.59 Å². The molecule has 1 amide bonds. The molecule has 0 radical (unpaired) electrons. The van der Waals surface area contributed by atoms with Gasteiger partial charge in [0.25, 0.3) is 5.91 Å². The largest absolute Gasteiger partial charge is 0.323 e. The zero-order valence-electron chi connectivity index (χ0n) is 14.0. The summed E-state index contributed by atoms with van der Waals surface area (Å²) in [6.07, 6.45) is 0. The highest BCUT2D eigenvalue weighted by Gasteiger charge is 2.22.